The second-order valence-corrected chi connectivity index (χ2v) is 4.34. The first-order valence-corrected chi connectivity index (χ1v) is 5.51. The van der Waals surface area contributed by atoms with Gasteiger partial charge in [-0.1, -0.05) is 11.6 Å². The Balaban J connectivity index is 2.80. The van der Waals surface area contributed by atoms with Crippen molar-refractivity contribution in [3.8, 4) is 5.75 Å². The van der Waals surface area contributed by atoms with Crippen LogP contribution in [-0.2, 0) is 11.2 Å². The Bertz CT molecular complexity index is 705. The van der Waals surface area contributed by atoms with Crippen LogP contribution in [0.25, 0.3) is 11.0 Å². The zero-order valence-corrected chi connectivity index (χ0v) is 10.2. The molecular weight excluding hydrogens is 258 g/mol. The van der Waals surface area contributed by atoms with E-state index < -0.39 is 11.5 Å². The van der Waals surface area contributed by atoms with Crippen LogP contribution in [0.1, 0.15) is 11.1 Å². The number of nitrogens with two attached hydrogens (primary N) is 1. The minimum absolute atomic E-state index is 0.143. The Labute approximate surface area is 107 Å². The Morgan fingerprint density at radius 3 is 2.78 bits per heavy atom. The number of hydrogen-bond acceptors (Lipinski definition) is 4. The highest BCUT2D eigenvalue weighted by Gasteiger charge is 2.15. The Morgan fingerprint density at radius 1 is 1.50 bits per heavy atom. The number of aromatic hydroxyl groups is 1. The predicted octanol–water partition coefficient (Wildman–Crippen LogP) is 1.49. The molecule has 0 aliphatic carbocycles. The molecule has 3 N–H and O–H groups in total. The van der Waals surface area contributed by atoms with Gasteiger partial charge in [0.1, 0.15) is 11.3 Å². The molecule has 0 spiro atoms. The Morgan fingerprint density at radius 2 is 2.17 bits per heavy atom. The number of fused-ring (bicyclic) bond motifs is 1. The number of primary amides is 1. The molecule has 0 saturated carbocycles. The summed E-state index contributed by atoms with van der Waals surface area (Å²) in [5, 5.41) is 10.2. The van der Waals surface area contributed by atoms with E-state index in [0.29, 0.717) is 10.9 Å². The van der Waals surface area contributed by atoms with Gasteiger partial charge in [-0.3, -0.25) is 4.79 Å². The SMILES string of the molecule is Cc1c(CC(N)=O)c(=O)oc2cc(O)c(Cl)cc12. The molecule has 0 radical (unpaired) electrons. The van der Waals surface area contributed by atoms with E-state index in [9.17, 15) is 14.7 Å². The van der Waals surface area contributed by atoms with Crippen LogP contribution in [0.15, 0.2) is 21.3 Å². The molecule has 1 amide bonds. The van der Waals surface area contributed by atoms with Crippen LogP contribution in [0.2, 0.25) is 5.02 Å². The first-order valence-electron chi connectivity index (χ1n) is 5.13. The van der Waals surface area contributed by atoms with Gasteiger partial charge in [0, 0.05) is 11.5 Å². The van der Waals surface area contributed by atoms with E-state index >= 15 is 0 Å². The highest BCUT2D eigenvalue weighted by atomic mass is 35.5. The molecule has 6 heteroatoms. The van der Waals surface area contributed by atoms with Gasteiger partial charge in [0.25, 0.3) is 0 Å². The Hall–Kier alpha value is -2.01. The van der Waals surface area contributed by atoms with Crippen LogP contribution in [-0.4, -0.2) is 11.0 Å². The lowest BCUT2D eigenvalue weighted by Crippen LogP contribution is -2.20. The third-order valence-electron chi connectivity index (χ3n) is 2.71. The maximum Gasteiger partial charge on any atom is 0.340 e. The summed E-state index contributed by atoms with van der Waals surface area (Å²) in [6, 6.07) is 2.75. The van der Waals surface area contributed by atoms with Crippen molar-refractivity contribution in [3.63, 3.8) is 0 Å². The van der Waals surface area contributed by atoms with Gasteiger partial charge in [0.05, 0.1) is 17.0 Å². The fraction of sp³-hybridized carbons (Fsp3) is 0.167. The van der Waals surface area contributed by atoms with Crippen molar-refractivity contribution in [2.75, 3.05) is 0 Å². The first-order chi connectivity index (χ1) is 8.40. The number of rotatable bonds is 2. The van der Waals surface area contributed by atoms with Gasteiger partial charge >= 0.3 is 5.63 Å². The molecule has 2 aromatic rings. The molecule has 0 fully saturated rings. The van der Waals surface area contributed by atoms with Gasteiger partial charge in [0.15, 0.2) is 0 Å². The molecule has 0 atom stereocenters. The van der Waals surface area contributed by atoms with Gasteiger partial charge in [-0.2, -0.15) is 0 Å². The van der Waals surface area contributed by atoms with E-state index in [4.69, 9.17) is 21.8 Å². The fourth-order valence-corrected chi connectivity index (χ4v) is 1.94. The predicted molar refractivity (Wildman–Crippen MR) is 66.8 cm³/mol. The van der Waals surface area contributed by atoms with E-state index in [2.05, 4.69) is 0 Å². The molecule has 0 saturated heterocycles. The lowest BCUT2D eigenvalue weighted by atomic mass is 10.0. The van der Waals surface area contributed by atoms with Crippen molar-refractivity contribution in [2.45, 2.75) is 13.3 Å². The average Bonchev–Trinajstić information content (AvgIpc) is 2.27. The number of carbonyl (C=O) groups is 1. The molecule has 1 aromatic carbocycles. The maximum atomic E-state index is 11.7. The summed E-state index contributed by atoms with van der Waals surface area (Å²) in [5.74, 6) is -0.788. The zero-order chi connectivity index (χ0) is 13.4. The van der Waals surface area contributed by atoms with Gasteiger partial charge in [0.2, 0.25) is 5.91 Å². The molecule has 0 unspecified atom stereocenters. The summed E-state index contributed by atoms with van der Waals surface area (Å²) in [5.41, 5.74) is 5.43. The summed E-state index contributed by atoms with van der Waals surface area (Å²) in [6.45, 7) is 1.67. The normalized spacial score (nSPS) is 10.8. The van der Waals surface area contributed by atoms with Crippen molar-refractivity contribution >= 4 is 28.5 Å². The van der Waals surface area contributed by atoms with E-state index in [0.717, 1.165) is 0 Å². The van der Waals surface area contributed by atoms with Gasteiger partial charge in [-0.25, -0.2) is 4.79 Å². The highest BCUT2D eigenvalue weighted by molar-refractivity contribution is 6.32. The van der Waals surface area contributed by atoms with Crippen LogP contribution in [0.4, 0.5) is 0 Å². The Kier molecular flexibility index (Phi) is 3.00. The number of hydrogen-bond donors (Lipinski definition) is 2. The molecule has 18 heavy (non-hydrogen) atoms. The number of amides is 1. The number of benzene rings is 1. The van der Waals surface area contributed by atoms with E-state index in [-0.39, 0.29) is 28.3 Å². The maximum absolute atomic E-state index is 11.7. The monoisotopic (exact) mass is 267 g/mol. The number of carbonyl (C=O) groups excluding carboxylic acids is 1. The smallest absolute Gasteiger partial charge is 0.340 e. The third-order valence-corrected chi connectivity index (χ3v) is 3.01. The molecule has 1 heterocycles. The average molecular weight is 268 g/mol. The molecular formula is C12H10ClNO4. The van der Waals surface area contributed by atoms with Crippen molar-refractivity contribution in [2.24, 2.45) is 5.73 Å². The zero-order valence-electron chi connectivity index (χ0n) is 9.49. The van der Waals surface area contributed by atoms with Crippen molar-refractivity contribution in [1.29, 1.82) is 0 Å². The fourth-order valence-electron chi connectivity index (χ4n) is 1.78. The summed E-state index contributed by atoms with van der Waals surface area (Å²) < 4.78 is 5.03. The minimum Gasteiger partial charge on any atom is -0.506 e. The molecule has 94 valence electrons. The van der Waals surface area contributed by atoms with Gasteiger partial charge in [-0.05, 0) is 18.6 Å². The molecule has 1 aromatic heterocycles. The standard InChI is InChI=1S/C12H10ClNO4/c1-5-6-2-8(13)9(15)4-10(6)18-12(17)7(5)3-11(14)16/h2,4,15H,3H2,1H3,(H2,14,16). The van der Waals surface area contributed by atoms with Crippen LogP contribution >= 0.6 is 11.6 Å². The topological polar surface area (TPSA) is 93.5 Å². The molecule has 2 rings (SSSR count). The quantitative estimate of drug-likeness (QED) is 0.806. The van der Waals surface area contributed by atoms with Crippen LogP contribution in [0.5, 0.6) is 5.75 Å². The minimum atomic E-state index is -0.638. The number of phenolic OH excluding ortho intramolecular Hbond substituents is 1. The van der Waals surface area contributed by atoms with Crippen molar-refractivity contribution in [1.82, 2.24) is 0 Å². The van der Waals surface area contributed by atoms with E-state index in [1.54, 1.807) is 6.92 Å². The summed E-state index contributed by atoms with van der Waals surface area (Å²) >= 11 is 5.80. The molecule has 0 aliphatic rings. The second-order valence-electron chi connectivity index (χ2n) is 3.94. The summed E-state index contributed by atoms with van der Waals surface area (Å²) in [6.07, 6.45) is -0.192. The largest absolute Gasteiger partial charge is 0.506 e. The van der Waals surface area contributed by atoms with Crippen LogP contribution in [0, 0.1) is 6.92 Å². The van der Waals surface area contributed by atoms with E-state index in [1.807, 2.05) is 0 Å². The van der Waals surface area contributed by atoms with Gasteiger partial charge in [-0.15, -0.1) is 0 Å². The number of phenols is 1. The lowest BCUT2D eigenvalue weighted by molar-refractivity contribution is -0.117. The van der Waals surface area contributed by atoms with Crippen LogP contribution < -0.4 is 11.4 Å². The molecule has 0 aliphatic heterocycles. The van der Waals surface area contributed by atoms with Crippen molar-refractivity contribution < 1.29 is 14.3 Å². The molecule has 0 bridgehead atoms. The van der Waals surface area contributed by atoms with Crippen LogP contribution in [0.3, 0.4) is 0 Å². The van der Waals surface area contributed by atoms with E-state index in [1.165, 1.54) is 12.1 Å². The second kappa shape index (κ2) is 4.34. The number of aryl methyl sites for hydroxylation is 1. The van der Waals surface area contributed by atoms with Crippen molar-refractivity contribution in [3.05, 3.63) is 38.7 Å². The first kappa shape index (κ1) is 12.4. The number of halogens is 1. The van der Waals surface area contributed by atoms with Gasteiger partial charge < -0.3 is 15.3 Å². The lowest BCUT2D eigenvalue weighted by Gasteiger charge is -2.07. The molecule has 5 nitrogen and oxygen atoms in total. The summed E-state index contributed by atoms with van der Waals surface area (Å²) in [7, 11) is 0. The third kappa shape index (κ3) is 2.04. The highest BCUT2D eigenvalue weighted by Crippen LogP contribution is 2.30. The summed E-state index contributed by atoms with van der Waals surface area (Å²) in [4.78, 5) is 22.6.